The first-order valence-electron chi connectivity index (χ1n) is 8.98. The number of aryl methyl sites for hydroxylation is 1. The van der Waals surface area contributed by atoms with Crippen molar-refractivity contribution < 1.29 is 23.5 Å². The van der Waals surface area contributed by atoms with Crippen molar-refractivity contribution in [3.8, 4) is 11.5 Å². The van der Waals surface area contributed by atoms with Crippen LogP contribution in [0.25, 0.3) is 0 Å². The van der Waals surface area contributed by atoms with E-state index in [1.807, 2.05) is 13.0 Å². The normalized spacial score (nSPS) is 18.1. The second-order valence-electron chi connectivity index (χ2n) is 6.74. The molecule has 2 N–H and O–H groups in total. The molecule has 4 rings (SSSR count). The van der Waals surface area contributed by atoms with E-state index in [2.05, 4.69) is 10.6 Å². The lowest BCUT2D eigenvalue weighted by Crippen LogP contribution is -2.32. The van der Waals surface area contributed by atoms with Crippen LogP contribution in [-0.2, 0) is 9.59 Å². The molecule has 0 bridgehead atoms. The van der Waals surface area contributed by atoms with E-state index in [0.717, 1.165) is 5.56 Å². The van der Waals surface area contributed by atoms with Crippen molar-refractivity contribution >= 4 is 17.5 Å². The second-order valence-corrected chi connectivity index (χ2v) is 6.74. The number of carbonyl (C=O) groups excluding carboxylic acids is 2. The highest BCUT2D eigenvalue weighted by molar-refractivity contribution is 6.06. The minimum Gasteiger partial charge on any atom is -0.486 e. The number of benzene rings is 2. The average Bonchev–Trinajstić information content (AvgIpc) is 2.68. The monoisotopic (exact) mass is 382 g/mol. The topological polar surface area (TPSA) is 76.7 Å². The molecule has 0 fully saturated rings. The molecule has 2 amide bonds. The Morgan fingerprint density at radius 3 is 2.68 bits per heavy atom. The second kappa shape index (κ2) is 7.34. The smallest absolute Gasteiger partial charge is 0.253 e. The van der Waals surface area contributed by atoms with E-state index in [1.54, 1.807) is 18.2 Å². The maximum Gasteiger partial charge on any atom is 0.253 e. The predicted molar refractivity (Wildman–Crippen MR) is 101 cm³/mol. The van der Waals surface area contributed by atoms with Gasteiger partial charge in [0, 0.05) is 35.9 Å². The molecular weight excluding hydrogens is 363 g/mol. The highest BCUT2D eigenvalue weighted by Crippen LogP contribution is 2.36. The molecule has 2 heterocycles. The number of carbonyl (C=O) groups is 2. The van der Waals surface area contributed by atoms with Gasteiger partial charge in [-0.3, -0.25) is 9.59 Å². The van der Waals surface area contributed by atoms with Crippen LogP contribution < -0.4 is 20.1 Å². The molecule has 2 aromatic rings. The summed E-state index contributed by atoms with van der Waals surface area (Å²) >= 11 is 0. The number of halogens is 1. The summed E-state index contributed by atoms with van der Waals surface area (Å²) in [6, 6.07) is 9.49. The number of fused-ring (bicyclic) bond motifs is 1. The molecule has 0 aliphatic carbocycles. The lowest BCUT2D eigenvalue weighted by atomic mass is 9.86. The largest absolute Gasteiger partial charge is 0.486 e. The molecule has 28 heavy (non-hydrogen) atoms. The van der Waals surface area contributed by atoms with Gasteiger partial charge in [0.1, 0.15) is 19.0 Å². The maximum atomic E-state index is 13.7. The van der Waals surface area contributed by atoms with Crippen molar-refractivity contribution in [1.29, 1.82) is 0 Å². The Hall–Kier alpha value is -3.35. The summed E-state index contributed by atoms with van der Waals surface area (Å²) in [6.07, 6.45) is 1.47. The van der Waals surface area contributed by atoms with Crippen LogP contribution in [0.3, 0.4) is 0 Å². The Morgan fingerprint density at radius 1 is 1.18 bits per heavy atom. The Balaban J connectivity index is 1.62. The van der Waals surface area contributed by atoms with Gasteiger partial charge in [-0.15, -0.1) is 0 Å². The van der Waals surface area contributed by atoms with Gasteiger partial charge >= 0.3 is 0 Å². The number of hydrogen-bond acceptors (Lipinski definition) is 4. The fourth-order valence-electron chi connectivity index (χ4n) is 3.38. The number of amides is 2. The molecule has 1 atom stereocenters. The van der Waals surface area contributed by atoms with Crippen molar-refractivity contribution in [2.75, 3.05) is 18.5 Å². The van der Waals surface area contributed by atoms with E-state index in [4.69, 9.17) is 9.47 Å². The van der Waals surface area contributed by atoms with Gasteiger partial charge < -0.3 is 20.1 Å². The molecule has 0 spiro atoms. The van der Waals surface area contributed by atoms with Crippen molar-refractivity contribution in [2.24, 2.45) is 0 Å². The molecule has 2 aliphatic rings. The number of anilines is 1. The van der Waals surface area contributed by atoms with E-state index in [1.165, 1.54) is 18.3 Å². The third kappa shape index (κ3) is 3.55. The van der Waals surface area contributed by atoms with Crippen molar-refractivity contribution in [3.63, 3.8) is 0 Å². The number of rotatable bonds is 3. The van der Waals surface area contributed by atoms with Crippen LogP contribution in [0.15, 0.2) is 48.2 Å². The molecule has 7 heteroatoms. The van der Waals surface area contributed by atoms with Crippen LogP contribution in [0, 0.1) is 12.7 Å². The summed E-state index contributed by atoms with van der Waals surface area (Å²) in [5, 5.41) is 5.45. The maximum absolute atomic E-state index is 13.7. The zero-order chi connectivity index (χ0) is 19.7. The van der Waals surface area contributed by atoms with E-state index >= 15 is 0 Å². The molecular formula is C21H19FN2O4. The van der Waals surface area contributed by atoms with E-state index in [0.29, 0.717) is 41.5 Å². The number of nitrogens with one attached hydrogen (secondary N) is 2. The van der Waals surface area contributed by atoms with Gasteiger partial charge in [0.15, 0.2) is 11.5 Å². The molecule has 2 aromatic carbocycles. The van der Waals surface area contributed by atoms with Crippen molar-refractivity contribution in [3.05, 3.63) is 65.1 Å². The minimum atomic E-state index is -0.526. The Morgan fingerprint density at radius 2 is 1.93 bits per heavy atom. The first kappa shape index (κ1) is 18.0. The van der Waals surface area contributed by atoms with Crippen molar-refractivity contribution in [2.45, 2.75) is 19.3 Å². The highest BCUT2D eigenvalue weighted by atomic mass is 19.1. The Labute approximate surface area is 161 Å². The summed E-state index contributed by atoms with van der Waals surface area (Å²) in [5.74, 6) is -0.313. The average molecular weight is 382 g/mol. The summed E-state index contributed by atoms with van der Waals surface area (Å²) < 4.78 is 24.8. The van der Waals surface area contributed by atoms with E-state index in [-0.39, 0.29) is 18.2 Å². The molecule has 144 valence electrons. The van der Waals surface area contributed by atoms with Crippen molar-refractivity contribution in [1.82, 2.24) is 5.32 Å². The lowest BCUT2D eigenvalue weighted by Gasteiger charge is -2.25. The van der Waals surface area contributed by atoms with Crippen LogP contribution in [-0.4, -0.2) is 25.0 Å². The van der Waals surface area contributed by atoms with Crippen LogP contribution in [0.1, 0.15) is 23.5 Å². The molecule has 0 saturated heterocycles. The van der Waals surface area contributed by atoms with Crippen LogP contribution >= 0.6 is 0 Å². The van der Waals surface area contributed by atoms with E-state index in [9.17, 15) is 14.0 Å². The SMILES string of the molecule is Cc1cc2c(cc1NC(=O)C1=CNC(=O)C[C@H]1c1cccc(F)c1)OCCO2. The fraction of sp³-hybridized carbons (Fsp3) is 0.238. The van der Waals surface area contributed by atoms with Gasteiger partial charge in [0.2, 0.25) is 5.91 Å². The number of ether oxygens (including phenoxy) is 2. The Bertz CT molecular complexity index is 986. The molecule has 0 aromatic heterocycles. The predicted octanol–water partition coefficient (Wildman–Crippen LogP) is 3.03. The van der Waals surface area contributed by atoms with Gasteiger partial charge in [-0.2, -0.15) is 0 Å². The molecule has 0 saturated carbocycles. The van der Waals surface area contributed by atoms with Gasteiger partial charge in [0.25, 0.3) is 5.91 Å². The summed E-state index contributed by atoms with van der Waals surface area (Å²) in [5.41, 5.74) is 2.35. The van der Waals surface area contributed by atoms with Crippen LogP contribution in [0.2, 0.25) is 0 Å². The zero-order valence-electron chi connectivity index (χ0n) is 15.3. The van der Waals surface area contributed by atoms with Gasteiger partial charge in [-0.1, -0.05) is 12.1 Å². The Kier molecular flexibility index (Phi) is 4.73. The lowest BCUT2D eigenvalue weighted by molar-refractivity contribution is -0.121. The third-order valence-electron chi connectivity index (χ3n) is 4.80. The highest BCUT2D eigenvalue weighted by Gasteiger charge is 2.29. The van der Waals surface area contributed by atoms with Gasteiger partial charge in [-0.25, -0.2) is 4.39 Å². The molecule has 6 nitrogen and oxygen atoms in total. The van der Waals surface area contributed by atoms with Gasteiger partial charge in [-0.05, 0) is 36.2 Å². The molecule has 0 unspecified atom stereocenters. The van der Waals surface area contributed by atoms with Gasteiger partial charge in [0.05, 0.1) is 0 Å². The summed E-state index contributed by atoms with van der Waals surface area (Å²) in [4.78, 5) is 24.8. The molecule has 2 aliphatic heterocycles. The first-order valence-corrected chi connectivity index (χ1v) is 8.98. The minimum absolute atomic E-state index is 0.0722. The number of hydrogen-bond donors (Lipinski definition) is 2. The fourth-order valence-corrected chi connectivity index (χ4v) is 3.38. The third-order valence-corrected chi connectivity index (χ3v) is 4.80. The molecule has 0 radical (unpaired) electrons. The summed E-state index contributed by atoms with van der Waals surface area (Å²) in [7, 11) is 0. The van der Waals surface area contributed by atoms with Crippen LogP contribution in [0.4, 0.5) is 10.1 Å². The first-order chi connectivity index (χ1) is 13.5. The summed E-state index contributed by atoms with van der Waals surface area (Å²) in [6.45, 7) is 2.79. The van der Waals surface area contributed by atoms with E-state index < -0.39 is 11.7 Å². The zero-order valence-corrected chi connectivity index (χ0v) is 15.3. The standard InChI is InChI=1S/C21H19FN2O4/c1-12-7-18-19(28-6-5-27-18)10-17(12)24-21(26)16-11-23-20(25)9-15(16)13-3-2-4-14(22)8-13/h2-4,7-8,10-11,15H,5-6,9H2,1H3,(H,23,25)(H,24,26)/t15-/m0/s1. The van der Waals surface area contributed by atoms with Crippen LogP contribution in [0.5, 0.6) is 11.5 Å². The quantitative estimate of drug-likeness (QED) is 0.856.